The molecule has 0 saturated carbocycles. The smallest absolute Gasteiger partial charge is 0.0478 e. The van der Waals surface area contributed by atoms with Crippen molar-refractivity contribution in [3.8, 4) is 0 Å². The zero-order chi connectivity index (χ0) is 12.1. The molecular formula is C12H27NOS. The fourth-order valence-electron chi connectivity index (χ4n) is 1.68. The highest BCUT2D eigenvalue weighted by molar-refractivity contribution is 7.87. The minimum absolute atomic E-state index is 0.110. The summed E-state index contributed by atoms with van der Waals surface area (Å²) in [6.07, 6.45) is 2.17. The van der Waals surface area contributed by atoms with Gasteiger partial charge in [0.2, 0.25) is 0 Å². The Morgan fingerprint density at radius 1 is 1.27 bits per heavy atom. The molecule has 0 radical (unpaired) electrons. The maximum Gasteiger partial charge on any atom is 0.0478 e. The van der Waals surface area contributed by atoms with Crippen LogP contribution in [-0.2, 0) is 10.8 Å². The molecule has 0 spiro atoms. The minimum atomic E-state index is -0.778. The summed E-state index contributed by atoms with van der Waals surface area (Å²) in [5, 5.41) is 3.70. The molecule has 0 aliphatic carbocycles. The van der Waals surface area contributed by atoms with Gasteiger partial charge in [-0.1, -0.05) is 13.8 Å². The quantitative estimate of drug-likeness (QED) is 0.764. The van der Waals surface area contributed by atoms with Crippen LogP contribution < -0.4 is 5.32 Å². The molecule has 15 heavy (non-hydrogen) atoms. The van der Waals surface area contributed by atoms with E-state index in [1.54, 1.807) is 0 Å². The second-order valence-corrected chi connectivity index (χ2v) is 7.65. The first-order chi connectivity index (χ1) is 6.84. The predicted octanol–water partition coefficient (Wildman–Crippen LogP) is 2.70. The molecule has 1 N–H and O–H groups in total. The third kappa shape index (κ3) is 5.12. The third-order valence-electron chi connectivity index (χ3n) is 2.60. The summed E-state index contributed by atoms with van der Waals surface area (Å²) in [6.45, 7) is 13.6. The Kier molecular flexibility index (Phi) is 6.69. The molecule has 3 heteroatoms. The van der Waals surface area contributed by atoms with E-state index in [-0.39, 0.29) is 10.00 Å². The first-order valence-corrected chi connectivity index (χ1v) is 7.19. The summed E-state index contributed by atoms with van der Waals surface area (Å²) >= 11 is 0. The molecule has 0 fully saturated rings. The van der Waals surface area contributed by atoms with Crippen LogP contribution >= 0.6 is 0 Å². The largest absolute Gasteiger partial charge is 0.313 e. The van der Waals surface area contributed by atoms with Crippen LogP contribution in [0.25, 0.3) is 0 Å². The molecule has 0 amide bonds. The van der Waals surface area contributed by atoms with Gasteiger partial charge in [-0.15, -0.1) is 0 Å². The summed E-state index contributed by atoms with van der Waals surface area (Å²) in [5.41, 5.74) is 0. The standard InChI is InChI=1S/C12H27NOS/c1-7-9-13-11(8-2)10(3)15(14)12(4,5)6/h10-11,13H,7-9H2,1-6H3. The molecule has 0 aliphatic heterocycles. The van der Waals surface area contributed by atoms with Crippen LogP contribution in [0.15, 0.2) is 0 Å². The molecule has 0 aromatic carbocycles. The van der Waals surface area contributed by atoms with Gasteiger partial charge >= 0.3 is 0 Å². The Morgan fingerprint density at radius 3 is 2.13 bits per heavy atom. The molecule has 0 aliphatic rings. The number of nitrogens with one attached hydrogen (secondary N) is 1. The second kappa shape index (κ2) is 6.64. The van der Waals surface area contributed by atoms with E-state index in [0.29, 0.717) is 6.04 Å². The summed E-state index contributed by atoms with van der Waals surface area (Å²) in [5.74, 6) is 0. The van der Waals surface area contributed by atoms with E-state index < -0.39 is 10.8 Å². The first-order valence-electron chi connectivity index (χ1n) is 5.98. The topological polar surface area (TPSA) is 29.1 Å². The van der Waals surface area contributed by atoms with E-state index in [0.717, 1.165) is 19.4 Å². The first kappa shape index (κ1) is 15.1. The normalized spacial score (nSPS) is 18.5. The summed E-state index contributed by atoms with van der Waals surface area (Å²) in [7, 11) is -0.778. The molecule has 2 nitrogen and oxygen atoms in total. The molecule has 0 saturated heterocycles. The van der Waals surface area contributed by atoms with Gasteiger partial charge in [-0.25, -0.2) is 0 Å². The van der Waals surface area contributed by atoms with Crippen molar-refractivity contribution in [1.29, 1.82) is 0 Å². The minimum Gasteiger partial charge on any atom is -0.313 e. The molecule has 92 valence electrons. The van der Waals surface area contributed by atoms with Crippen molar-refractivity contribution in [3.63, 3.8) is 0 Å². The third-order valence-corrected chi connectivity index (χ3v) is 4.82. The van der Waals surface area contributed by atoms with Crippen molar-refractivity contribution in [2.45, 2.75) is 70.4 Å². The Labute approximate surface area is 97.7 Å². The van der Waals surface area contributed by atoms with Crippen molar-refractivity contribution in [1.82, 2.24) is 5.32 Å². The van der Waals surface area contributed by atoms with Crippen LogP contribution in [0.1, 0.15) is 54.4 Å². The lowest BCUT2D eigenvalue weighted by atomic mass is 10.1. The lowest BCUT2D eigenvalue weighted by Crippen LogP contribution is -2.44. The van der Waals surface area contributed by atoms with Gasteiger partial charge in [-0.2, -0.15) is 0 Å². The molecule has 0 heterocycles. The number of hydrogen-bond acceptors (Lipinski definition) is 2. The SMILES string of the molecule is CCCNC(CC)C(C)S(=O)C(C)(C)C. The highest BCUT2D eigenvalue weighted by atomic mass is 32.2. The summed E-state index contributed by atoms with van der Waals surface area (Å²) in [6, 6.07) is 0.380. The lowest BCUT2D eigenvalue weighted by molar-refractivity contribution is 0.481. The van der Waals surface area contributed by atoms with Crippen LogP contribution in [-0.4, -0.2) is 26.8 Å². The van der Waals surface area contributed by atoms with E-state index >= 15 is 0 Å². The molecule has 3 atom stereocenters. The lowest BCUT2D eigenvalue weighted by Gasteiger charge is -2.29. The highest BCUT2D eigenvalue weighted by Gasteiger charge is 2.29. The van der Waals surface area contributed by atoms with E-state index in [1.807, 2.05) is 20.8 Å². The Balaban J connectivity index is 4.37. The number of hydrogen-bond donors (Lipinski definition) is 1. The molecule has 3 unspecified atom stereocenters. The maximum atomic E-state index is 12.2. The van der Waals surface area contributed by atoms with E-state index in [9.17, 15) is 4.21 Å². The van der Waals surface area contributed by atoms with Crippen LogP contribution in [0.4, 0.5) is 0 Å². The second-order valence-electron chi connectivity index (χ2n) is 5.08. The molecule has 0 rings (SSSR count). The van der Waals surface area contributed by atoms with E-state index in [2.05, 4.69) is 26.1 Å². The van der Waals surface area contributed by atoms with E-state index in [4.69, 9.17) is 0 Å². The summed E-state index contributed by atoms with van der Waals surface area (Å²) in [4.78, 5) is 0. The maximum absolute atomic E-state index is 12.2. The molecule has 0 aromatic rings. The zero-order valence-electron chi connectivity index (χ0n) is 11.1. The van der Waals surface area contributed by atoms with Crippen molar-refractivity contribution in [2.75, 3.05) is 6.54 Å². The molecule has 0 aromatic heterocycles. The van der Waals surface area contributed by atoms with Crippen LogP contribution in [0.2, 0.25) is 0 Å². The van der Waals surface area contributed by atoms with Crippen LogP contribution in [0, 0.1) is 0 Å². The molecular weight excluding hydrogens is 206 g/mol. The fourth-order valence-corrected chi connectivity index (χ4v) is 3.38. The van der Waals surface area contributed by atoms with Crippen molar-refractivity contribution >= 4 is 10.8 Å². The average Bonchev–Trinajstić information content (AvgIpc) is 2.16. The van der Waals surface area contributed by atoms with Gasteiger partial charge in [0, 0.05) is 26.8 Å². The predicted molar refractivity (Wildman–Crippen MR) is 69.7 cm³/mol. The highest BCUT2D eigenvalue weighted by Crippen LogP contribution is 2.19. The van der Waals surface area contributed by atoms with Gasteiger partial charge in [-0.05, 0) is 47.1 Å². The fraction of sp³-hybridized carbons (Fsp3) is 1.00. The average molecular weight is 233 g/mol. The van der Waals surface area contributed by atoms with Crippen molar-refractivity contribution in [2.24, 2.45) is 0 Å². The Bertz CT molecular complexity index is 198. The van der Waals surface area contributed by atoms with Gasteiger partial charge < -0.3 is 5.32 Å². The monoisotopic (exact) mass is 233 g/mol. The van der Waals surface area contributed by atoms with Gasteiger partial charge in [-0.3, -0.25) is 4.21 Å². The number of rotatable bonds is 6. The zero-order valence-corrected chi connectivity index (χ0v) is 11.9. The van der Waals surface area contributed by atoms with E-state index in [1.165, 1.54) is 0 Å². The van der Waals surface area contributed by atoms with Crippen LogP contribution in [0.3, 0.4) is 0 Å². The van der Waals surface area contributed by atoms with Gasteiger partial charge in [0.05, 0.1) is 0 Å². The Morgan fingerprint density at radius 2 is 1.80 bits per heavy atom. The van der Waals surface area contributed by atoms with Gasteiger partial charge in [0.15, 0.2) is 0 Å². The van der Waals surface area contributed by atoms with Crippen LogP contribution in [0.5, 0.6) is 0 Å². The molecule has 0 bridgehead atoms. The van der Waals surface area contributed by atoms with Crippen molar-refractivity contribution in [3.05, 3.63) is 0 Å². The van der Waals surface area contributed by atoms with Gasteiger partial charge in [0.25, 0.3) is 0 Å². The van der Waals surface area contributed by atoms with Crippen molar-refractivity contribution < 1.29 is 4.21 Å². The van der Waals surface area contributed by atoms with Gasteiger partial charge in [0.1, 0.15) is 0 Å². The summed E-state index contributed by atoms with van der Waals surface area (Å²) < 4.78 is 12.1. The Hall–Kier alpha value is 0.110.